The van der Waals surface area contributed by atoms with Crippen molar-refractivity contribution in [3.63, 3.8) is 0 Å². The first kappa shape index (κ1) is 13.4. The monoisotopic (exact) mass is 332 g/mol. The number of aryl methyl sites for hydroxylation is 2. The van der Waals surface area contributed by atoms with Crippen LogP contribution in [-0.4, -0.2) is 9.78 Å². The molecule has 0 atom stereocenters. The summed E-state index contributed by atoms with van der Waals surface area (Å²) in [6, 6.07) is 4.49. The lowest BCUT2D eigenvalue weighted by atomic mass is 10.3. The zero-order valence-corrected chi connectivity index (χ0v) is 12.2. The maximum absolute atomic E-state index is 13.1. The van der Waals surface area contributed by atoms with Crippen LogP contribution < -0.4 is 4.74 Å². The topological polar surface area (TPSA) is 27.1 Å². The molecule has 0 unspecified atom stereocenters. The summed E-state index contributed by atoms with van der Waals surface area (Å²) < 4.78 is 20.7. The maximum atomic E-state index is 13.1. The van der Waals surface area contributed by atoms with Crippen LogP contribution in [0.5, 0.6) is 5.75 Å². The van der Waals surface area contributed by atoms with E-state index in [1.54, 1.807) is 23.9 Å². The van der Waals surface area contributed by atoms with Crippen molar-refractivity contribution in [3.8, 4) is 5.75 Å². The van der Waals surface area contributed by atoms with E-state index < -0.39 is 0 Å². The third kappa shape index (κ3) is 2.67. The zero-order chi connectivity index (χ0) is 13.3. The van der Waals surface area contributed by atoms with E-state index in [-0.39, 0.29) is 12.4 Å². The van der Waals surface area contributed by atoms with Gasteiger partial charge in [0.05, 0.1) is 20.9 Å². The Labute approximate surface area is 118 Å². The van der Waals surface area contributed by atoms with Crippen LogP contribution in [0.4, 0.5) is 4.39 Å². The van der Waals surface area contributed by atoms with Crippen molar-refractivity contribution in [2.45, 2.75) is 13.5 Å². The highest BCUT2D eigenvalue weighted by molar-refractivity contribution is 9.10. The molecule has 0 saturated heterocycles. The molecule has 0 aliphatic rings. The van der Waals surface area contributed by atoms with Gasteiger partial charge in [-0.15, -0.1) is 0 Å². The minimum atomic E-state index is -0.322. The second-order valence-corrected chi connectivity index (χ2v) is 5.07. The average molecular weight is 334 g/mol. The Hall–Kier alpha value is -1.07. The fourth-order valence-corrected chi connectivity index (χ4v) is 2.13. The van der Waals surface area contributed by atoms with Gasteiger partial charge in [0.2, 0.25) is 0 Å². The van der Waals surface area contributed by atoms with Crippen molar-refractivity contribution >= 4 is 27.5 Å². The van der Waals surface area contributed by atoms with Crippen LogP contribution in [0, 0.1) is 12.7 Å². The molecule has 18 heavy (non-hydrogen) atoms. The van der Waals surface area contributed by atoms with Crippen molar-refractivity contribution in [1.29, 1.82) is 0 Å². The van der Waals surface area contributed by atoms with Gasteiger partial charge in [0.25, 0.3) is 0 Å². The highest BCUT2D eigenvalue weighted by Crippen LogP contribution is 2.24. The van der Waals surface area contributed by atoms with Crippen LogP contribution >= 0.6 is 27.5 Å². The molecule has 0 amide bonds. The predicted octanol–water partition coefficient (Wildman–Crippen LogP) is 3.86. The van der Waals surface area contributed by atoms with Crippen molar-refractivity contribution in [2.75, 3.05) is 0 Å². The summed E-state index contributed by atoms with van der Waals surface area (Å²) in [4.78, 5) is 0. The lowest BCUT2D eigenvalue weighted by molar-refractivity contribution is 0.294. The largest absolute Gasteiger partial charge is 0.487 e. The quantitative estimate of drug-likeness (QED) is 0.853. The SMILES string of the molecule is Cc1nn(C)c(COc2ccc(F)c(Br)c2)c1Cl. The second kappa shape index (κ2) is 5.28. The Morgan fingerprint density at radius 2 is 2.22 bits per heavy atom. The van der Waals surface area contributed by atoms with Gasteiger partial charge in [-0.05, 0) is 41.1 Å². The van der Waals surface area contributed by atoms with Crippen molar-refractivity contribution < 1.29 is 9.13 Å². The Balaban J connectivity index is 2.14. The number of rotatable bonds is 3. The Bertz CT molecular complexity index is 586. The van der Waals surface area contributed by atoms with Gasteiger partial charge in [0, 0.05) is 7.05 Å². The van der Waals surface area contributed by atoms with Gasteiger partial charge in [0.15, 0.2) is 0 Å². The molecule has 1 aromatic heterocycles. The standard InChI is InChI=1S/C12H11BrClFN2O/c1-7-12(14)11(17(2)16-7)6-18-8-3-4-10(15)9(13)5-8/h3-5H,6H2,1-2H3. The van der Waals surface area contributed by atoms with Crippen molar-refractivity contribution in [1.82, 2.24) is 9.78 Å². The molecule has 2 aromatic rings. The molecule has 1 aromatic carbocycles. The molecule has 3 nitrogen and oxygen atoms in total. The molecule has 0 bridgehead atoms. The molecule has 0 N–H and O–H groups in total. The number of benzene rings is 1. The molecule has 6 heteroatoms. The lowest BCUT2D eigenvalue weighted by Gasteiger charge is -2.07. The second-order valence-electron chi connectivity index (χ2n) is 3.83. The predicted molar refractivity (Wildman–Crippen MR) is 71.4 cm³/mol. The summed E-state index contributed by atoms with van der Waals surface area (Å²) in [6.45, 7) is 2.12. The first-order valence-corrected chi connectivity index (χ1v) is 6.42. The van der Waals surface area contributed by atoms with Crippen LogP contribution in [0.3, 0.4) is 0 Å². The minimum Gasteiger partial charge on any atom is -0.487 e. The van der Waals surface area contributed by atoms with E-state index >= 15 is 0 Å². The highest BCUT2D eigenvalue weighted by atomic mass is 79.9. The highest BCUT2D eigenvalue weighted by Gasteiger charge is 2.11. The Kier molecular flexibility index (Phi) is 3.92. The van der Waals surface area contributed by atoms with E-state index in [0.717, 1.165) is 11.4 Å². The summed E-state index contributed by atoms with van der Waals surface area (Å²) in [6.07, 6.45) is 0. The van der Waals surface area contributed by atoms with Crippen molar-refractivity contribution in [2.24, 2.45) is 7.05 Å². The summed E-state index contributed by atoms with van der Waals surface area (Å²) in [5.74, 6) is 0.245. The molecule has 0 radical (unpaired) electrons. The summed E-state index contributed by atoms with van der Waals surface area (Å²) in [5, 5.41) is 4.79. The number of aromatic nitrogens is 2. The van der Waals surface area contributed by atoms with Crippen molar-refractivity contribution in [3.05, 3.63) is 44.9 Å². The molecule has 0 fully saturated rings. The Morgan fingerprint density at radius 1 is 1.50 bits per heavy atom. The normalized spacial score (nSPS) is 10.7. The van der Waals surface area contributed by atoms with Gasteiger partial charge < -0.3 is 4.74 Å². The molecular weight excluding hydrogens is 322 g/mol. The molecule has 1 heterocycles. The smallest absolute Gasteiger partial charge is 0.137 e. The van der Waals surface area contributed by atoms with Crippen LogP contribution in [0.2, 0.25) is 5.02 Å². The fraction of sp³-hybridized carbons (Fsp3) is 0.250. The number of nitrogens with zero attached hydrogens (tertiary/aromatic N) is 2. The molecule has 0 aliphatic carbocycles. The van der Waals surface area contributed by atoms with E-state index in [1.807, 2.05) is 6.92 Å². The van der Waals surface area contributed by atoms with E-state index in [1.165, 1.54) is 6.07 Å². The van der Waals surface area contributed by atoms with Crippen LogP contribution in [0.1, 0.15) is 11.4 Å². The summed E-state index contributed by atoms with van der Waals surface area (Å²) in [5.41, 5.74) is 1.55. The van der Waals surface area contributed by atoms with Crippen LogP contribution in [0.15, 0.2) is 22.7 Å². The number of halogens is 3. The Morgan fingerprint density at radius 3 is 2.78 bits per heavy atom. The molecule has 0 aliphatic heterocycles. The van der Waals surface area contributed by atoms with Gasteiger partial charge in [-0.3, -0.25) is 4.68 Å². The van der Waals surface area contributed by atoms with Gasteiger partial charge in [0.1, 0.15) is 18.2 Å². The molecular formula is C12H11BrClFN2O. The van der Waals surface area contributed by atoms with E-state index in [0.29, 0.717) is 15.2 Å². The minimum absolute atomic E-state index is 0.286. The third-order valence-corrected chi connectivity index (χ3v) is 3.63. The van der Waals surface area contributed by atoms with Gasteiger partial charge >= 0.3 is 0 Å². The molecule has 0 saturated carbocycles. The third-order valence-electron chi connectivity index (χ3n) is 2.53. The zero-order valence-electron chi connectivity index (χ0n) is 9.88. The van der Waals surface area contributed by atoms with Crippen LogP contribution in [-0.2, 0) is 13.7 Å². The van der Waals surface area contributed by atoms with Crippen LogP contribution in [0.25, 0.3) is 0 Å². The molecule has 96 valence electrons. The number of hydrogen-bond acceptors (Lipinski definition) is 2. The van der Waals surface area contributed by atoms with E-state index in [2.05, 4.69) is 21.0 Å². The average Bonchev–Trinajstić information content (AvgIpc) is 2.56. The van der Waals surface area contributed by atoms with E-state index in [9.17, 15) is 4.39 Å². The molecule has 2 rings (SSSR count). The summed E-state index contributed by atoms with van der Waals surface area (Å²) >= 11 is 9.21. The molecule has 0 spiro atoms. The first-order valence-electron chi connectivity index (χ1n) is 5.25. The van der Waals surface area contributed by atoms with Gasteiger partial charge in [-0.25, -0.2) is 4.39 Å². The summed E-state index contributed by atoms with van der Waals surface area (Å²) in [7, 11) is 1.80. The number of ether oxygens (including phenoxy) is 1. The fourth-order valence-electron chi connectivity index (χ4n) is 1.56. The number of hydrogen-bond donors (Lipinski definition) is 0. The maximum Gasteiger partial charge on any atom is 0.137 e. The lowest BCUT2D eigenvalue weighted by Crippen LogP contribution is -2.03. The van der Waals surface area contributed by atoms with E-state index in [4.69, 9.17) is 16.3 Å². The van der Waals surface area contributed by atoms with Gasteiger partial charge in [-0.2, -0.15) is 5.10 Å². The first-order chi connectivity index (χ1) is 8.49. The van der Waals surface area contributed by atoms with Gasteiger partial charge in [-0.1, -0.05) is 11.6 Å².